The summed E-state index contributed by atoms with van der Waals surface area (Å²) in [4.78, 5) is 24.2. The lowest BCUT2D eigenvalue weighted by Crippen LogP contribution is -2.42. The lowest BCUT2D eigenvalue weighted by molar-refractivity contribution is -0.125. The fraction of sp³-hybridized carbons (Fsp3) is 0.688. The van der Waals surface area contributed by atoms with Crippen molar-refractivity contribution in [2.75, 3.05) is 19.6 Å². The molecule has 0 radical (unpaired) electrons. The Kier molecular flexibility index (Phi) is 7.23. The number of halogens is 1. The van der Waals surface area contributed by atoms with Crippen molar-refractivity contribution in [2.24, 2.45) is 13.0 Å². The molecule has 0 unspecified atom stereocenters. The van der Waals surface area contributed by atoms with Crippen LogP contribution < -0.4 is 16.0 Å². The van der Waals surface area contributed by atoms with Crippen molar-refractivity contribution in [3.63, 3.8) is 0 Å². The van der Waals surface area contributed by atoms with Crippen LogP contribution in [0.4, 0.5) is 0 Å². The van der Waals surface area contributed by atoms with Gasteiger partial charge in [0.15, 0.2) is 0 Å². The first kappa shape index (κ1) is 20.4. The Morgan fingerprint density at radius 1 is 1.38 bits per heavy atom. The van der Waals surface area contributed by atoms with Crippen LogP contribution in [0, 0.1) is 5.92 Å². The lowest BCUT2D eigenvalue weighted by Gasteiger charge is -2.21. The molecule has 24 heavy (non-hydrogen) atoms. The number of rotatable bonds is 5. The van der Waals surface area contributed by atoms with Gasteiger partial charge in [0.25, 0.3) is 0 Å². The van der Waals surface area contributed by atoms with E-state index in [1.54, 1.807) is 4.68 Å². The van der Waals surface area contributed by atoms with Gasteiger partial charge >= 0.3 is 0 Å². The summed E-state index contributed by atoms with van der Waals surface area (Å²) in [5.41, 5.74) is 0.824. The third kappa shape index (κ3) is 5.79. The molecule has 7 nitrogen and oxygen atoms in total. The summed E-state index contributed by atoms with van der Waals surface area (Å²) >= 11 is 0. The zero-order chi connectivity index (χ0) is 17.0. The average Bonchev–Trinajstić information content (AvgIpc) is 3.04. The zero-order valence-electron chi connectivity index (χ0n) is 14.8. The van der Waals surface area contributed by atoms with Crippen LogP contribution in [0.25, 0.3) is 0 Å². The van der Waals surface area contributed by atoms with Crippen molar-refractivity contribution < 1.29 is 9.59 Å². The number of amides is 2. The largest absolute Gasteiger partial charge is 0.355 e. The number of carbonyl (C=O) groups is 2. The number of nitrogens with one attached hydrogen (secondary N) is 3. The van der Waals surface area contributed by atoms with Gasteiger partial charge in [-0.05, 0) is 26.3 Å². The summed E-state index contributed by atoms with van der Waals surface area (Å²) in [5, 5.41) is 13.2. The maximum atomic E-state index is 12.4. The smallest absolute Gasteiger partial charge is 0.225 e. The lowest BCUT2D eigenvalue weighted by atomic mass is 9.90. The highest BCUT2D eigenvalue weighted by atomic mass is 35.5. The van der Waals surface area contributed by atoms with E-state index in [1.807, 2.05) is 40.2 Å². The van der Waals surface area contributed by atoms with Crippen LogP contribution in [-0.4, -0.2) is 46.8 Å². The summed E-state index contributed by atoms with van der Waals surface area (Å²) in [6.07, 6.45) is 4.06. The average molecular weight is 358 g/mol. The normalized spacial score (nSPS) is 20.3. The fourth-order valence-electron chi connectivity index (χ4n) is 2.85. The van der Waals surface area contributed by atoms with Gasteiger partial charge in [-0.15, -0.1) is 12.4 Å². The van der Waals surface area contributed by atoms with Gasteiger partial charge < -0.3 is 16.0 Å². The SMILES string of the molecule is Cl.Cn1cc([C@H]2CNC[C@@H]2C(=O)NCCC(=O)NC(C)(C)C)cn1. The molecule has 2 heterocycles. The molecule has 136 valence electrons. The highest BCUT2D eigenvalue weighted by Gasteiger charge is 2.34. The summed E-state index contributed by atoms with van der Waals surface area (Å²) in [6, 6.07) is 0. The molecule has 1 aliphatic heterocycles. The number of hydrogen-bond acceptors (Lipinski definition) is 4. The highest BCUT2D eigenvalue weighted by Crippen LogP contribution is 2.27. The predicted octanol–water partition coefficient (Wildman–Crippen LogP) is 0.566. The first-order valence-electron chi connectivity index (χ1n) is 8.04. The van der Waals surface area contributed by atoms with E-state index in [4.69, 9.17) is 0 Å². The molecule has 1 fully saturated rings. The number of aromatic nitrogens is 2. The minimum Gasteiger partial charge on any atom is -0.355 e. The Labute approximate surface area is 149 Å². The van der Waals surface area contributed by atoms with E-state index in [2.05, 4.69) is 21.0 Å². The highest BCUT2D eigenvalue weighted by molar-refractivity contribution is 5.85. The maximum Gasteiger partial charge on any atom is 0.225 e. The Hall–Kier alpha value is -1.60. The fourth-order valence-corrected chi connectivity index (χ4v) is 2.85. The molecule has 0 spiro atoms. The van der Waals surface area contributed by atoms with Crippen molar-refractivity contribution in [3.8, 4) is 0 Å². The molecule has 8 heteroatoms. The summed E-state index contributed by atoms with van der Waals surface area (Å²) in [5.74, 6) is -0.0458. The molecule has 2 amide bonds. The molecule has 0 aliphatic carbocycles. The Balaban J connectivity index is 0.00000288. The molecular formula is C16H28ClN5O2. The Bertz CT molecular complexity index is 567. The van der Waals surface area contributed by atoms with E-state index in [0.717, 1.165) is 12.1 Å². The molecule has 0 saturated carbocycles. The van der Waals surface area contributed by atoms with E-state index in [1.165, 1.54) is 0 Å². The topological polar surface area (TPSA) is 88.0 Å². The van der Waals surface area contributed by atoms with E-state index < -0.39 is 0 Å². The number of nitrogens with zero attached hydrogens (tertiary/aromatic N) is 2. The number of aryl methyl sites for hydroxylation is 1. The van der Waals surface area contributed by atoms with Gasteiger partial charge in [0.05, 0.1) is 12.1 Å². The number of carbonyl (C=O) groups excluding carboxylic acids is 2. The number of hydrogen-bond donors (Lipinski definition) is 3. The zero-order valence-corrected chi connectivity index (χ0v) is 15.6. The second-order valence-corrected chi connectivity index (χ2v) is 7.16. The molecule has 1 saturated heterocycles. The van der Waals surface area contributed by atoms with Crippen LogP contribution in [0.3, 0.4) is 0 Å². The Morgan fingerprint density at radius 2 is 2.08 bits per heavy atom. The molecule has 1 aromatic heterocycles. The minimum atomic E-state index is -0.248. The molecular weight excluding hydrogens is 330 g/mol. The molecule has 2 rings (SSSR count). The third-order valence-corrected chi connectivity index (χ3v) is 3.87. The van der Waals surface area contributed by atoms with Crippen LogP contribution >= 0.6 is 12.4 Å². The minimum absolute atomic E-state index is 0. The second-order valence-electron chi connectivity index (χ2n) is 7.16. The van der Waals surface area contributed by atoms with Gasteiger partial charge in [-0.2, -0.15) is 5.10 Å². The van der Waals surface area contributed by atoms with Crippen LogP contribution in [0.5, 0.6) is 0 Å². The molecule has 0 aromatic carbocycles. The van der Waals surface area contributed by atoms with Gasteiger partial charge in [-0.1, -0.05) is 0 Å². The van der Waals surface area contributed by atoms with Gasteiger partial charge in [-0.25, -0.2) is 0 Å². The first-order chi connectivity index (χ1) is 10.8. The quantitative estimate of drug-likeness (QED) is 0.718. The van der Waals surface area contributed by atoms with E-state index in [9.17, 15) is 9.59 Å². The van der Waals surface area contributed by atoms with Crippen LogP contribution in [-0.2, 0) is 16.6 Å². The summed E-state index contributed by atoms with van der Waals surface area (Å²) in [7, 11) is 1.87. The molecule has 1 aromatic rings. The van der Waals surface area contributed by atoms with E-state index in [-0.39, 0.29) is 41.6 Å². The van der Waals surface area contributed by atoms with Gasteiger partial charge in [0.2, 0.25) is 11.8 Å². The summed E-state index contributed by atoms with van der Waals surface area (Å²) < 4.78 is 1.75. The van der Waals surface area contributed by atoms with Crippen LogP contribution in [0.15, 0.2) is 12.4 Å². The molecule has 1 aliphatic rings. The second kappa shape index (κ2) is 8.48. The van der Waals surface area contributed by atoms with Crippen molar-refractivity contribution >= 4 is 24.2 Å². The van der Waals surface area contributed by atoms with E-state index in [0.29, 0.717) is 19.5 Å². The monoisotopic (exact) mass is 357 g/mol. The van der Waals surface area contributed by atoms with Crippen molar-refractivity contribution in [1.29, 1.82) is 0 Å². The third-order valence-electron chi connectivity index (χ3n) is 3.87. The first-order valence-corrected chi connectivity index (χ1v) is 8.04. The van der Waals surface area contributed by atoms with Crippen molar-refractivity contribution in [1.82, 2.24) is 25.7 Å². The molecule has 3 N–H and O–H groups in total. The molecule has 2 atom stereocenters. The van der Waals surface area contributed by atoms with Crippen molar-refractivity contribution in [2.45, 2.75) is 38.6 Å². The van der Waals surface area contributed by atoms with E-state index >= 15 is 0 Å². The van der Waals surface area contributed by atoms with Crippen LogP contribution in [0.1, 0.15) is 38.7 Å². The van der Waals surface area contributed by atoms with Gasteiger partial charge in [0.1, 0.15) is 0 Å². The predicted molar refractivity (Wildman–Crippen MR) is 95.1 cm³/mol. The molecule has 0 bridgehead atoms. The Morgan fingerprint density at radius 3 is 2.67 bits per heavy atom. The van der Waals surface area contributed by atoms with Crippen LogP contribution in [0.2, 0.25) is 0 Å². The maximum absolute atomic E-state index is 12.4. The van der Waals surface area contributed by atoms with Crippen molar-refractivity contribution in [3.05, 3.63) is 18.0 Å². The standard InChI is InChI=1S/C16H27N5O2.ClH/c1-16(2,3)20-14(22)5-6-18-15(23)13-9-17-8-12(13)11-7-19-21(4)10-11;/h7,10,12-13,17H,5-6,8-9H2,1-4H3,(H,18,23)(H,20,22);1H/t12-,13+;/m1./s1. The van der Waals surface area contributed by atoms with Gasteiger partial charge in [-0.3, -0.25) is 14.3 Å². The van der Waals surface area contributed by atoms with Gasteiger partial charge in [0, 0.05) is 50.8 Å². The summed E-state index contributed by atoms with van der Waals surface area (Å²) in [6.45, 7) is 7.59.